The first kappa shape index (κ1) is 11.3. The number of phenols is 1. The second kappa shape index (κ2) is 3.75. The number of rotatable bonds is 1. The van der Waals surface area contributed by atoms with Crippen molar-refractivity contribution in [2.45, 2.75) is 44.4 Å². The molecule has 0 unspecified atom stereocenters. The van der Waals surface area contributed by atoms with Crippen molar-refractivity contribution in [1.82, 2.24) is 0 Å². The maximum atomic E-state index is 10.1. The van der Waals surface area contributed by atoms with Crippen LogP contribution >= 0.6 is 0 Å². The Hall–Kier alpha value is -1.50. The average Bonchev–Trinajstić information content (AvgIpc) is 3.01. The summed E-state index contributed by atoms with van der Waals surface area (Å²) in [4.78, 5) is 0. The minimum absolute atomic E-state index is 0.405. The average molecular weight is 252 g/mol. The number of phenolic OH excluding ortho intramolecular Hbond substituents is 1. The Bertz CT molecular complexity index is 648. The molecule has 1 heteroatoms. The standard InChI is InChI=1S/C18H20O/c1-12-3-2-4-14-16(19)6-5-15(17(12)14)18-9-7-13(11-18)8-10-18/h2-6,13,19H,7-11H2,1H3. The van der Waals surface area contributed by atoms with E-state index in [0.717, 1.165) is 11.3 Å². The number of aryl methyl sites for hydroxylation is 1. The van der Waals surface area contributed by atoms with Crippen molar-refractivity contribution in [2.75, 3.05) is 0 Å². The van der Waals surface area contributed by atoms with Gasteiger partial charge >= 0.3 is 0 Å². The van der Waals surface area contributed by atoms with Crippen molar-refractivity contribution in [1.29, 1.82) is 0 Å². The van der Waals surface area contributed by atoms with Crippen LogP contribution < -0.4 is 0 Å². The third-order valence-corrected chi connectivity index (χ3v) is 5.54. The van der Waals surface area contributed by atoms with Crippen LogP contribution in [-0.4, -0.2) is 5.11 Å². The minimum atomic E-state index is 0.405. The molecule has 98 valence electrons. The molecule has 0 radical (unpaired) electrons. The topological polar surface area (TPSA) is 20.2 Å². The van der Waals surface area contributed by atoms with Crippen molar-refractivity contribution in [3.8, 4) is 5.75 Å². The number of aromatic hydroxyl groups is 1. The van der Waals surface area contributed by atoms with Gasteiger partial charge in [0, 0.05) is 5.39 Å². The second-order valence-electron chi connectivity index (χ2n) is 6.56. The van der Waals surface area contributed by atoms with Gasteiger partial charge in [-0.2, -0.15) is 0 Å². The summed E-state index contributed by atoms with van der Waals surface area (Å²) in [5.74, 6) is 1.37. The zero-order valence-corrected chi connectivity index (χ0v) is 11.4. The highest BCUT2D eigenvalue weighted by atomic mass is 16.3. The third-order valence-electron chi connectivity index (χ3n) is 5.54. The Kier molecular flexibility index (Phi) is 2.24. The van der Waals surface area contributed by atoms with Crippen LogP contribution in [-0.2, 0) is 5.41 Å². The molecule has 1 N–H and O–H groups in total. The lowest BCUT2D eigenvalue weighted by atomic mass is 9.75. The van der Waals surface area contributed by atoms with E-state index in [9.17, 15) is 5.11 Å². The van der Waals surface area contributed by atoms with Gasteiger partial charge in [0.1, 0.15) is 5.75 Å². The van der Waals surface area contributed by atoms with Crippen molar-refractivity contribution in [3.63, 3.8) is 0 Å². The van der Waals surface area contributed by atoms with Gasteiger partial charge < -0.3 is 5.11 Å². The molecule has 2 bridgehead atoms. The first-order chi connectivity index (χ1) is 9.20. The van der Waals surface area contributed by atoms with E-state index in [1.165, 1.54) is 48.6 Å². The Morgan fingerprint density at radius 3 is 2.58 bits per heavy atom. The smallest absolute Gasteiger partial charge is 0.123 e. The molecule has 0 aliphatic heterocycles. The first-order valence-corrected chi connectivity index (χ1v) is 7.41. The maximum absolute atomic E-state index is 10.1. The lowest BCUT2D eigenvalue weighted by Gasteiger charge is -2.29. The molecule has 0 aromatic heterocycles. The first-order valence-electron chi connectivity index (χ1n) is 7.41. The fourth-order valence-electron chi connectivity index (χ4n) is 4.59. The normalized spacial score (nSPS) is 29.2. The summed E-state index contributed by atoms with van der Waals surface area (Å²) in [6.07, 6.45) is 6.83. The van der Waals surface area contributed by atoms with Gasteiger partial charge in [-0.05, 0) is 72.9 Å². The number of fused-ring (bicyclic) bond motifs is 3. The monoisotopic (exact) mass is 252 g/mol. The zero-order valence-electron chi connectivity index (χ0n) is 11.4. The molecule has 4 rings (SSSR count). The van der Waals surface area contributed by atoms with Crippen LogP contribution in [0.3, 0.4) is 0 Å². The molecule has 0 heterocycles. The van der Waals surface area contributed by atoms with Gasteiger partial charge in [0.15, 0.2) is 0 Å². The summed E-state index contributed by atoms with van der Waals surface area (Å²) < 4.78 is 0. The Morgan fingerprint density at radius 1 is 1.11 bits per heavy atom. The summed E-state index contributed by atoms with van der Waals surface area (Å²) >= 11 is 0. The van der Waals surface area contributed by atoms with E-state index in [1.54, 1.807) is 0 Å². The van der Waals surface area contributed by atoms with Crippen LogP contribution in [0.4, 0.5) is 0 Å². The highest BCUT2D eigenvalue weighted by Gasteiger charge is 2.46. The molecule has 2 aliphatic carbocycles. The SMILES string of the molecule is Cc1cccc2c(O)ccc(C34CCC(CC3)C4)c12. The lowest BCUT2D eigenvalue weighted by Crippen LogP contribution is -2.20. The van der Waals surface area contributed by atoms with E-state index in [2.05, 4.69) is 25.1 Å². The molecule has 2 aliphatic rings. The van der Waals surface area contributed by atoms with E-state index in [1.807, 2.05) is 12.1 Å². The molecular formula is C18H20O. The van der Waals surface area contributed by atoms with Gasteiger partial charge in [0.25, 0.3) is 0 Å². The highest BCUT2D eigenvalue weighted by molar-refractivity contribution is 5.94. The van der Waals surface area contributed by atoms with Crippen molar-refractivity contribution < 1.29 is 5.11 Å². The van der Waals surface area contributed by atoms with Crippen LogP contribution in [0, 0.1) is 12.8 Å². The summed E-state index contributed by atoms with van der Waals surface area (Å²) in [5.41, 5.74) is 3.20. The van der Waals surface area contributed by atoms with Crippen LogP contribution in [0.25, 0.3) is 10.8 Å². The molecular weight excluding hydrogens is 232 g/mol. The van der Waals surface area contributed by atoms with Gasteiger partial charge in [-0.3, -0.25) is 0 Å². The Morgan fingerprint density at radius 2 is 1.89 bits per heavy atom. The molecule has 2 aromatic rings. The van der Waals surface area contributed by atoms with Gasteiger partial charge in [0.2, 0.25) is 0 Å². The fraction of sp³-hybridized carbons (Fsp3) is 0.444. The van der Waals surface area contributed by atoms with E-state index in [4.69, 9.17) is 0 Å². The summed E-state index contributed by atoms with van der Waals surface area (Å²) in [7, 11) is 0. The third kappa shape index (κ3) is 1.47. The van der Waals surface area contributed by atoms with Crippen molar-refractivity contribution in [2.24, 2.45) is 5.92 Å². The maximum Gasteiger partial charge on any atom is 0.123 e. The Labute approximate surface area is 114 Å². The molecule has 2 aromatic carbocycles. The van der Waals surface area contributed by atoms with Crippen LogP contribution in [0.15, 0.2) is 30.3 Å². The zero-order chi connectivity index (χ0) is 13.0. The molecule has 1 nitrogen and oxygen atoms in total. The number of benzene rings is 2. The fourth-order valence-corrected chi connectivity index (χ4v) is 4.59. The Balaban J connectivity index is 2.03. The van der Waals surface area contributed by atoms with Gasteiger partial charge in [-0.1, -0.05) is 24.3 Å². The van der Waals surface area contributed by atoms with Crippen LogP contribution in [0.2, 0.25) is 0 Å². The molecule has 0 amide bonds. The molecule has 0 atom stereocenters. The summed E-state index contributed by atoms with van der Waals surface area (Å²) in [6.45, 7) is 2.17. The van der Waals surface area contributed by atoms with E-state index in [-0.39, 0.29) is 0 Å². The van der Waals surface area contributed by atoms with Gasteiger partial charge in [-0.25, -0.2) is 0 Å². The molecule has 2 saturated carbocycles. The van der Waals surface area contributed by atoms with E-state index >= 15 is 0 Å². The quantitative estimate of drug-likeness (QED) is 0.781. The second-order valence-corrected chi connectivity index (χ2v) is 6.56. The number of hydrogen-bond acceptors (Lipinski definition) is 1. The number of hydrogen-bond donors (Lipinski definition) is 1. The molecule has 0 saturated heterocycles. The lowest BCUT2D eigenvalue weighted by molar-refractivity contribution is 0.421. The minimum Gasteiger partial charge on any atom is -0.507 e. The predicted molar refractivity (Wildman–Crippen MR) is 78.6 cm³/mol. The van der Waals surface area contributed by atoms with Crippen LogP contribution in [0.5, 0.6) is 5.75 Å². The summed E-state index contributed by atoms with van der Waals surface area (Å²) in [5, 5.41) is 12.5. The summed E-state index contributed by atoms with van der Waals surface area (Å²) in [6, 6.07) is 10.4. The van der Waals surface area contributed by atoms with E-state index in [0.29, 0.717) is 11.2 Å². The molecule has 0 spiro atoms. The van der Waals surface area contributed by atoms with Gasteiger partial charge in [-0.15, -0.1) is 0 Å². The predicted octanol–water partition coefficient (Wildman–Crippen LogP) is 4.69. The molecule has 19 heavy (non-hydrogen) atoms. The van der Waals surface area contributed by atoms with Crippen molar-refractivity contribution >= 4 is 10.8 Å². The van der Waals surface area contributed by atoms with Crippen LogP contribution in [0.1, 0.15) is 43.2 Å². The van der Waals surface area contributed by atoms with E-state index < -0.39 is 0 Å². The molecule has 2 fully saturated rings. The van der Waals surface area contributed by atoms with Gasteiger partial charge in [0.05, 0.1) is 0 Å². The largest absolute Gasteiger partial charge is 0.507 e. The van der Waals surface area contributed by atoms with Crippen molar-refractivity contribution in [3.05, 3.63) is 41.5 Å². The highest BCUT2D eigenvalue weighted by Crippen LogP contribution is 2.57.